The summed E-state index contributed by atoms with van der Waals surface area (Å²) < 4.78 is 61.9. The van der Waals surface area contributed by atoms with Crippen molar-refractivity contribution in [1.82, 2.24) is 4.31 Å². The molecular weight excluding hydrogens is 259 g/mol. The van der Waals surface area contributed by atoms with Crippen molar-refractivity contribution in [3.05, 3.63) is 0 Å². The first-order valence-corrected chi connectivity index (χ1v) is 6.98. The third-order valence-corrected chi connectivity index (χ3v) is 4.96. The molecule has 0 bridgehead atoms. The molecule has 0 aromatic heterocycles. The topological polar surface area (TPSA) is 57.6 Å². The van der Waals surface area contributed by atoms with Gasteiger partial charge in [0, 0.05) is 25.6 Å². The molecule has 0 radical (unpaired) electrons. The van der Waals surface area contributed by atoms with Crippen molar-refractivity contribution < 1.29 is 26.7 Å². The average molecular weight is 275 g/mol. The van der Waals surface area contributed by atoms with E-state index in [1.165, 1.54) is 6.92 Å². The first kappa shape index (κ1) is 14.7. The minimum Gasteiger partial charge on any atom is -0.396 e. The number of aliphatic hydroxyl groups is 1. The van der Waals surface area contributed by atoms with Crippen LogP contribution in [0.25, 0.3) is 0 Å². The molecule has 4 nitrogen and oxygen atoms in total. The SMILES string of the molecule is CCS(=O)(=O)N1CCC(C(F)(F)F)C(CO)C1. The molecule has 102 valence electrons. The van der Waals surface area contributed by atoms with Crippen molar-refractivity contribution in [1.29, 1.82) is 0 Å². The van der Waals surface area contributed by atoms with Crippen molar-refractivity contribution >= 4 is 10.0 Å². The van der Waals surface area contributed by atoms with Crippen LogP contribution in [0.1, 0.15) is 13.3 Å². The fourth-order valence-electron chi connectivity index (χ4n) is 2.05. The molecule has 0 saturated carbocycles. The molecule has 0 aromatic rings. The van der Waals surface area contributed by atoms with E-state index < -0.39 is 34.6 Å². The quantitative estimate of drug-likeness (QED) is 0.830. The molecule has 0 aliphatic carbocycles. The van der Waals surface area contributed by atoms with E-state index in [1.807, 2.05) is 0 Å². The number of hydrogen-bond acceptors (Lipinski definition) is 3. The second-order valence-corrected chi connectivity index (χ2v) is 6.40. The zero-order valence-corrected chi connectivity index (χ0v) is 10.3. The van der Waals surface area contributed by atoms with Gasteiger partial charge < -0.3 is 5.11 Å². The first-order chi connectivity index (χ1) is 7.72. The maximum absolute atomic E-state index is 12.6. The van der Waals surface area contributed by atoms with Crippen LogP contribution in [0.2, 0.25) is 0 Å². The zero-order chi connectivity index (χ0) is 13.3. The molecule has 1 aliphatic rings. The second kappa shape index (κ2) is 5.11. The van der Waals surface area contributed by atoms with Gasteiger partial charge in [0.25, 0.3) is 0 Å². The molecule has 1 rings (SSSR count). The summed E-state index contributed by atoms with van der Waals surface area (Å²) in [5.74, 6) is -2.82. The van der Waals surface area contributed by atoms with Crippen LogP contribution in [0.15, 0.2) is 0 Å². The molecule has 0 amide bonds. The Kier molecular flexibility index (Phi) is 4.43. The largest absolute Gasteiger partial charge is 0.396 e. The van der Waals surface area contributed by atoms with E-state index in [9.17, 15) is 21.6 Å². The average Bonchev–Trinajstić information content (AvgIpc) is 2.27. The van der Waals surface area contributed by atoms with Gasteiger partial charge >= 0.3 is 6.18 Å². The number of halogens is 3. The van der Waals surface area contributed by atoms with Crippen LogP contribution in [0.4, 0.5) is 13.2 Å². The Labute approximate surface area is 98.5 Å². The van der Waals surface area contributed by atoms with Crippen molar-refractivity contribution in [3.63, 3.8) is 0 Å². The number of sulfonamides is 1. The van der Waals surface area contributed by atoms with Gasteiger partial charge in [-0.05, 0) is 13.3 Å². The number of nitrogens with zero attached hydrogens (tertiary/aromatic N) is 1. The molecule has 17 heavy (non-hydrogen) atoms. The van der Waals surface area contributed by atoms with E-state index in [2.05, 4.69) is 0 Å². The lowest BCUT2D eigenvalue weighted by Crippen LogP contribution is -2.49. The van der Waals surface area contributed by atoms with Gasteiger partial charge in [0.2, 0.25) is 10.0 Å². The lowest BCUT2D eigenvalue weighted by molar-refractivity contribution is -0.201. The van der Waals surface area contributed by atoms with Crippen molar-refractivity contribution in [2.45, 2.75) is 19.5 Å². The van der Waals surface area contributed by atoms with Crippen LogP contribution in [0.5, 0.6) is 0 Å². The molecular formula is C9H16F3NO3S. The first-order valence-electron chi connectivity index (χ1n) is 5.37. The van der Waals surface area contributed by atoms with E-state index >= 15 is 0 Å². The molecule has 1 aliphatic heterocycles. The molecule has 0 spiro atoms. The fourth-order valence-corrected chi connectivity index (χ4v) is 3.22. The third-order valence-electron chi connectivity index (χ3n) is 3.11. The van der Waals surface area contributed by atoms with Gasteiger partial charge in [0.1, 0.15) is 0 Å². The van der Waals surface area contributed by atoms with E-state index in [0.29, 0.717) is 0 Å². The minimum atomic E-state index is -4.38. The van der Waals surface area contributed by atoms with Gasteiger partial charge in [-0.3, -0.25) is 0 Å². The Hall–Kier alpha value is -0.340. The van der Waals surface area contributed by atoms with E-state index in [-0.39, 0.29) is 25.3 Å². The Morgan fingerprint density at radius 3 is 2.41 bits per heavy atom. The number of rotatable bonds is 3. The fraction of sp³-hybridized carbons (Fsp3) is 1.00. The van der Waals surface area contributed by atoms with E-state index in [1.54, 1.807) is 0 Å². The summed E-state index contributed by atoms with van der Waals surface area (Å²) >= 11 is 0. The maximum atomic E-state index is 12.6. The number of aliphatic hydroxyl groups excluding tert-OH is 1. The highest BCUT2D eigenvalue weighted by Crippen LogP contribution is 2.38. The standard InChI is InChI=1S/C9H16F3NO3S/c1-2-17(15,16)13-4-3-8(9(10,11)12)7(5-13)6-14/h7-8,14H,2-6H2,1H3. The van der Waals surface area contributed by atoms with Crippen molar-refractivity contribution in [3.8, 4) is 0 Å². The van der Waals surface area contributed by atoms with Crippen LogP contribution >= 0.6 is 0 Å². The molecule has 2 unspecified atom stereocenters. The lowest BCUT2D eigenvalue weighted by Gasteiger charge is -2.37. The smallest absolute Gasteiger partial charge is 0.392 e. The molecule has 1 N–H and O–H groups in total. The highest BCUT2D eigenvalue weighted by molar-refractivity contribution is 7.89. The zero-order valence-electron chi connectivity index (χ0n) is 9.44. The normalized spacial score (nSPS) is 28.3. The van der Waals surface area contributed by atoms with Gasteiger partial charge in [-0.15, -0.1) is 0 Å². The van der Waals surface area contributed by atoms with Gasteiger partial charge in [0.05, 0.1) is 11.7 Å². The predicted octanol–water partition coefficient (Wildman–Crippen LogP) is 0.829. The molecule has 1 saturated heterocycles. The summed E-state index contributed by atoms with van der Waals surface area (Å²) in [5.41, 5.74) is 0. The Morgan fingerprint density at radius 2 is 2.00 bits per heavy atom. The van der Waals surface area contributed by atoms with Gasteiger partial charge in [0.15, 0.2) is 0 Å². The van der Waals surface area contributed by atoms with Crippen molar-refractivity contribution in [2.24, 2.45) is 11.8 Å². The van der Waals surface area contributed by atoms with Gasteiger partial charge in [-0.25, -0.2) is 12.7 Å². The molecule has 0 aromatic carbocycles. The Balaban J connectivity index is 2.81. The Bertz CT molecular complexity index is 355. The summed E-state index contributed by atoms with van der Waals surface area (Å²) in [5, 5.41) is 8.96. The maximum Gasteiger partial charge on any atom is 0.392 e. The van der Waals surface area contributed by atoms with Crippen LogP contribution in [0.3, 0.4) is 0 Å². The minimum absolute atomic E-state index is 0.128. The highest BCUT2D eigenvalue weighted by Gasteiger charge is 2.48. The summed E-state index contributed by atoms with van der Waals surface area (Å²) in [6, 6.07) is 0. The summed E-state index contributed by atoms with van der Waals surface area (Å²) in [4.78, 5) is 0. The summed E-state index contributed by atoms with van der Waals surface area (Å²) in [7, 11) is -3.48. The molecule has 1 fully saturated rings. The number of alkyl halides is 3. The van der Waals surface area contributed by atoms with Crippen LogP contribution < -0.4 is 0 Å². The summed E-state index contributed by atoms with van der Waals surface area (Å²) in [6.07, 6.45) is -4.66. The Morgan fingerprint density at radius 1 is 1.41 bits per heavy atom. The molecule has 8 heteroatoms. The van der Waals surface area contributed by atoms with Gasteiger partial charge in [-0.2, -0.15) is 13.2 Å². The van der Waals surface area contributed by atoms with Gasteiger partial charge in [-0.1, -0.05) is 0 Å². The number of piperidine rings is 1. The monoisotopic (exact) mass is 275 g/mol. The number of hydrogen-bond donors (Lipinski definition) is 1. The molecule has 2 atom stereocenters. The van der Waals surface area contributed by atoms with E-state index in [0.717, 1.165) is 4.31 Å². The summed E-state index contributed by atoms with van der Waals surface area (Å²) in [6.45, 7) is 0.409. The van der Waals surface area contributed by atoms with E-state index in [4.69, 9.17) is 5.11 Å². The van der Waals surface area contributed by atoms with Crippen molar-refractivity contribution in [2.75, 3.05) is 25.4 Å². The lowest BCUT2D eigenvalue weighted by atomic mass is 9.86. The van der Waals surface area contributed by atoms with Crippen LogP contribution in [-0.4, -0.2) is 49.5 Å². The van der Waals surface area contributed by atoms with Crippen LogP contribution in [-0.2, 0) is 10.0 Å². The highest BCUT2D eigenvalue weighted by atomic mass is 32.2. The van der Waals surface area contributed by atoms with Crippen LogP contribution in [0, 0.1) is 11.8 Å². The molecule has 1 heterocycles. The predicted molar refractivity (Wildman–Crippen MR) is 55.8 cm³/mol. The second-order valence-electron chi connectivity index (χ2n) is 4.14. The third kappa shape index (κ3) is 3.32.